The maximum atomic E-state index is 11.9. The average molecular weight is 359 g/mol. The Kier molecular flexibility index (Phi) is 6.89. The van der Waals surface area contributed by atoms with Gasteiger partial charge in [-0.1, -0.05) is 30.3 Å². The number of rotatable bonds is 8. The van der Waals surface area contributed by atoms with E-state index < -0.39 is 5.97 Å². The number of benzene rings is 1. The molecule has 0 aliphatic rings. The Bertz CT molecular complexity index is 739. The first-order valence-corrected chi connectivity index (χ1v) is 8.87. The fraction of sp³-hybridized carbons (Fsp3) is 0.316. The van der Waals surface area contributed by atoms with Gasteiger partial charge in [-0.05, 0) is 31.5 Å². The standard InChI is InChI=1S/C19H21NO4S/c1-13-8-10-17(25-13)16(21)9-11-19(23)24-12-18(22)20-14(2)15-6-4-3-5-7-15/h3-8,10,14H,9,11-12H2,1-2H3,(H,20,22)/t14-/m0/s1. The Morgan fingerprint density at radius 2 is 1.80 bits per heavy atom. The Balaban J connectivity index is 1.69. The highest BCUT2D eigenvalue weighted by Crippen LogP contribution is 2.17. The van der Waals surface area contributed by atoms with Gasteiger partial charge in [0.25, 0.3) is 5.91 Å². The minimum atomic E-state index is -0.552. The van der Waals surface area contributed by atoms with Crippen LogP contribution in [-0.2, 0) is 14.3 Å². The molecule has 2 aromatic rings. The first kappa shape index (κ1) is 18.9. The van der Waals surface area contributed by atoms with Crippen molar-refractivity contribution >= 4 is 29.0 Å². The molecule has 1 amide bonds. The zero-order valence-corrected chi connectivity index (χ0v) is 15.1. The first-order valence-electron chi connectivity index (χ1n) is 8.05. The minimum Gasteiger partial charge on any atom is -0.456 e. The molecule has 0 saturated carbocycles. The molecule has 0 fully saturated rings. The highest BCUT2D eigenvalue weighted by atomic mass is 32.1. The third-order valence-corrected chi connectivity index (χ3v) is 4.65. The number of hydrogen-bond donors (Lipinski definition) is 1. The van der Waals surface area contributed by atoms with Gasteiger partial charge >= 0.3 is 5.97 Å². The Labute approximate surface area is 151 Å². The van der Waals surface area contributed by atoms with Gasteiger partial charge in [0.1, 0.15) is 0 Å². The number of esters is 1. The maximum Gasteiger partial charge on any atom is 0.306 e. The van der Waals surface area contributed by atoms with Crippen LogP contribution in [0.2, 0.25) is 0 Å². The largest absolute Gasteiger partial charge is 0.456 e. The molecule has 1 aromatic heterocycles. The van der Waals surface area contributed by atoms with Crippen LogP contribution in [0.25, 0.3) is 0 Å². The van der Waals surface area contributed by atoms with Crippen molar-refractivity contribution in [3.8, 4) is 0 Å². The second kappa shape index (κ2) is 9.13. The molecule has 25 heavy (non-hydrogen) atoms. The monoisotopic (exact) mass is 359 g/mol. The molecule has 1 N–H and O–H groups in total. The zero-order chi connectivity index (χ0) is 18.2. The van der Waals surface area contributed by atoms with Crippen molar-refractivity contribution in [3.63, 3.8) is 0 Å². The number of thiophene rings is 1. The average Bonchev–Trinajstić information content (AvgIpc) is 3.05. The molecule has 1 heterocycles. The van der Waals surface area contributed by atoms with E-state index >= 15 is 0 Å². The lowest BCUT2D eigenvalue weighted by Gasteiger charge is -2.14. The van der Waals surface area contributed by atoms with Crippen molar-refractivity contribution in [3.05, 3.63) is 57.8 Å². The first-order chi connectivity index (χ1) is 12.0. The van der Waals surface area contributed by atoms with Gasteiger partial charge in [0.15, 0.2) is 12.4 Å². The van der Waals surface area contributed by atoms with Gasteiger partial charge in [-0.2, -0.15) is 0 Å². The summed E-state index contributed by atoms with van der Waals surface area (Å²) in [5.74, 6) is -1.01. The molecule has 0 unspecified atom stereocenters. The van der Waals surface area contributed by atoms with Crippen LogP contribution in [0.1, 0.15) is 45.9 Å². The number of Topliss-reactive ketones (excluding diaryl/α,β-unsaturated/α-hetero) is 1. The molecular formula is C19H21NO4S. The molecule has 6 heteroatoms. The number of nitrogens with one attached hydrogen (secondary N) is 1. The molecule has 0 radical (unpaired) electrons. The SMILES string of the molecule is Cc1ccc(C(=O)CCC(=O)OCC(=O)N[C@@H](C)c2ccccc2)s1. The molecule has 132 valence electrons. The molecule has 1 aromatic carbocycles. The van der Waals surface area contributed by atoms with Crippen LogP contribution >= 0.6 is 11.3 Å². The van der Waals surface area contributed by atoms with E-state index in [1.807, 2.05) is 50.2 Å². The van der Waals surface area contributed by atoms with Crippen LogP contribution in [0.5, 0.6) is 0 Å². The van der Waals surface area contributed by atoms with Crippen molar-refractivity contribution in [2.45, 2.75) is 32.7 Å². The zero-order valence-electron chi connectivity index (χ0n) is 14.3. The Morgan fingerprint density at radius 1 is 1.08 bits per heavy atom. The van der Waals surface area contributed by atoms with Gasteiger partial charge in [0.2, 0.25) is 0 Å². The maximum absolute atomic E-state index is 11.9. The normalized spacial score (nSPS) is 11.6. The molecule has 0 aliphatic carbocycles. The van der Waals surface area contributed by atoms with Crippen LogP contribution in [-0.4, -0.2) is 24.3 Å². The van der Waals surface area contributed by atoms with E-state index in [1.165, 1.54) is 11.3 Å². The molecule has 1 atom stereocenters. The predicted octanol–water partition coefficient (Wildman–Crippen LogP) is 3.44. The van der Waals surface area contributed by atoms with Crippen LogP contribution in [0.3, 0.4) is 0 Å². The smallest absolute Gasteiger partial charge is 0.306 e. The molecule has 5 nitrogen and oxygen atoms in total. The van der Waals surface area contributed by atoms with E-state index in [4.69, 9.17) is 4.74 Å². The highest BCUT2D eigenvalue weighted by Gasteiger charge is 2.14. The summed E-state index contributed by atoms with van der Waals surface area (Å²) in [5, 5.41) is 2.76. The predicted molar refractivity (Wildman–Crippen MR) is 96.6 cm³/mol. The van der Waals surface area contributed by atoms with Crippen LogP contribution in [0.4, 0.5) is 0 Å². The molecule has 2 rings (SSSR count). The summed E-state index contributed by atoms with van der Waals surface area (Å²) < 4.78 is 4.93. The van der Waals surface area contributed by atoms with Crippen LogP contribution < -0.4 is 5.32 Å². The number of carbonyl (C=O) groups is 3. The number of amides is 1. The topological polar surface area (TPSA) is 72.5 Å². The number of hydrogen-bond acceptors (Lipinski definition) is 5. The van der Waals surface area contributed by atoms with Crippen LogP contribution in [0.15, 0.2) is 42.5 Å². The summed E-state index contributed by atoms with van der Waals surface area (Å²) in [6.07, 6.45) is 0.0537. The number of aryl methyl sites for hydroxylation is 1. The van der Waals surface area contributed by atoms with E-state index in [0.717, 1.165) is 10.4 Å². The second-order valence-electron chi connectivity index (χ2n) is 5.69. The number of ether oxygens (including phenoxy) is 1. The lowest BCUT2D eigenvalue weighted by atomic mass is 10.1. The van der Waals surface area contributed by atoms with Crippen molar-refractivity contribution in [1.29, 1.82) is 0 Å². The van der Waals surface area contributed by atoms with Gasteiger partial charge in [-0.3, -0.25) is 14.4 Å². The fourth-order valence-corrected chi connectivity index (χ4v) is 3.08. The quantitative estimate of drug-likeness (QED) is 0.579. The van der Waals surface area contributed by atoms with Crippen molar-refractivity contribution in [1.82, 2.24) is 5.32 Å². The lowest BCUT2D eigenvalue weighted by Crippen LogP contribution is -2.31. The molecular weight excluding hydrogens is 338 g/mol. The van der Waals surface area contributed by atoms with Crippen LogP contribution in [0, 0.1) is 6.92 Å². The highest BCUT2D eigenvalue weighted by molar-refractivity contribution is 7.14. The van der Waals surface area contributed by atoms with E-state index in [1.54, 1.807) is 6.07 Å². The summed E-state index contributed by atoms with van der Waals surface area (Å²) in [5.41, 5.74) is 0.971. The molecule has 0 spiro atoms. The van der Waals surface area contributed by atoms with Gasteiger partial charge in [-0.15, -0.1) is 11.3 Å². The summed E-state index contributed by atoms with van der Waals surface area (Å²) in [4.78, 5) is 37.1. The summed E-state index contributed by atoms with van der Waals surface area (Å²) in [7, 11) is 0. The van der Waals surface area contributed by atoms with Gasteiger partial charge in [0.05, 0.1) is 17.3 Å². The van der Waals surface area contributed by atoms with E-state index in [9.17, 15) is 14.4 Å². The van der Waals surface area contributed by atoms with E-state index in [0.29, 0.717) is 4.88 Å². The van der Waals surface area contributed by atoms with Gasteiger partial charge < -0.3 is 10.1 Å². The van der Waals surface area contributed by atoms with Crippen molar-refractivity contribution in [2.24, 2.45) is 0 Å². The third kappa shape index (κ3) is 6.15. The third-order valence-electron chi connectivity index (χ3n) is 3.61. The minimum absolute atomic E-state index is 0.0305. The Morgan fingerprint density at radius 3 is 2.44 bits per heavy atom. The van der Waals surface area contributed by atoms with E-state index in [-0.39, 0.29) is 37.2 Å². The second-order valence-corrected chi connectivity index (χ2v) is 6.98. The number of carbonyl (C=O) groups excluding carboxylic acids is 3. The van der Waals surface area contributed by atoms with E-state index in [2.05, 4.69) is 5.32 Å². The molecule has 0 bridgehead atoms. The summed E-state index contributed by atoms with van der Waals surface area (Å²) >= 11 is 1.40. The van der Waals surface area contributed by atoms with Gasteiger partial charge in [0, 0.05) is 11.3 Å². The molecule has 0 saturated heterocycles. The lowest BCUT2D eigenvalue weighted by molar-refractivity contribution is -0.148. The summed E-state index contributed by atoms with van der Waals surface area (Å²) in [6.45, 7) is 3.43. The number of ketones is 1. The van der Waals surface area contributed by atoms with Crippen molar-refractivity contribution < 1.29 is 19.1 Å². The van der Waals surface area contributed by atoms with Gasteiger partial charge in [-0.25, -0.2) is 0 Å². The molecule has 0 aliphatic heterocycles. The summed E-state index contributed by atoms with van der Waals surface area (Å²) in [6, 6.07) is 13.0. The Hall–Kier alpha value is -2.47. The van der Waals surface area contributed by atoms with Crippen molar-refractivity contribution in [2.75, 3.05) is 6.61 Å². The fourth-order valence-electron chi connectivity index (χ4n) is 2.25.